The maximum absolute atomic E-state index is 12.4. The van der Waals surface area contributed by atoms with E-state index in [1.54, 1.807) is 6.92 Å². The number of esters is 1. The minimum Gasteiger partial charge on any atom is -0.461 e. The Kier molecular flexibility index (Phi) is 7.97. The molecule has 6 nitrogen and oxygen atoms in total. The Bertz CT molecular complexity index is 870. The molecule has 2 rings (SSSR count). The molecule has 0 amide bonds. The number of carbonyl (C=O) groups is 2. The van der Waals surface area contributed by atoms with Crippen LogP contribution in [0, 0.1) is 4.91 Å². The van der Waals surface area contributed by atoms with Crippen molar-refractivity contribution in [3.05, 3.63) is 77.3 Å². The van der Waals surface area contributed by atoms with Crippen LogP contribution in [0.1, 0.15) is 33.6 Å². The second kappa shape index (κ2) is 10.2. The maximum Gasteiger partial charge on any atom is 0.360 e. The third-order valence-corrected chi connectivity index (χ3v) is 9.79. The fourth-order valence-electron chi connectivity index (χ4n) is 3.48. The Hall–Kier alpha value is -2.90. The highest BCUT2D eigenvalue weighted by molar-refractivity contribution is 6.98. The van der Waals surface area contributed by atoms with Gasteiger partial charge in [-0.05, 0) is 33.9 Å². The molecule has 0 spiro atoms. The molecule has 0 saturated heterocycles. The summed E-state index contributed by atoms with van der Waals surface area (Å²) in [5.74, 6) is -1.33. The van der Waals surface area contributed by atoms with Crippen molar-refractivity contribution in [2.75, 3.05) is 6.61 Å². The molecular formula is C23H27NO5Si. The third-order valence-electron chi connectivity index (χ3n) is 5.24. The molecule has 0 aliphatic carbocycles. The largest absolute Gasteiger partial charge is 0.461 e. The summed E-state index contributed by atoms with van der Waals surface area (Å²) in [6.07, 6.45) is 1.34. The standard InChI is InChI=1S/C23H27NO5Si/c1-4-29-22(26)21(24-27)17-18(25)15-16-23(2,3)30(28,19-11-7-5-8-12-19)20-13-9-6-10-14-20/h5-14,17,28H,4,15-16H2,1-3H3. The van der Waals surface area contributed by atoms with Crippen LogP contribution in [-0.4, -0.2) is 31.5 Å². The molecular weight excluding hydrogens is 398 g/mol. The number of ketones is 1. The second-order valence-corrected chi connectivity index (χ2v) is 11.6. The SMILES string of the molecule is CCOC(=O)C(=CC(=O)CCC(C)(C)[Si](O)(c1ccccc1)c1ccccc1)N=O. The lowest BCUT2D eigenvalue weighted by atomic mass is 10.0. The van der Waals surface area contributed by atoms with Crippen LogP contribution in [0.2, 0.25) is 5.04 Å². The number of rotatable bonds is 10. The molecule has 0 aromatic heterocycles. The van der Waals surface area contributed by atoms with Gasteiger partial charge >= 0.3 is 5.97 Å². The topological polar surface area (TPSA) is 93.0 Å². The summed E-state index contributed by atoms with van der Waals surface area (Å²) < 4.78 is 4.72. The normalized spacial score (nSPS) is 12.3. The second-order valence-electron chi connectivity index (χ2n) is 7.63. The molecule has 0 fully saturated rings. The van der Waals surface area contributed by atoms with Gasteiger partial charge in [0.05, 0.1) is 6.61 Å². The van der Waals surface area contributed by atoms with Gasteiger partial charge in [-0.15, -0.1) is 4.91 Å². The molecule has 0 unspecified atom stereocenters. The van der Waals surface area contributed by atoms with E-state index in [-0.39, 0.29) is 13.0 Å². The monoisotopic (exact) mass is 425 g/mol. The number of ether oxygens (including phenoxy) is 1. The maximum atomic E-state index is 12.4. The Balaban J connectivity index is 2.31. The first-order chi connectivity index (χ1) is 14.3. The first-order valence-corrected chi connectivity index (χ1v) is 11.8. The number of nitroso groups, excluding NO2 is 1. The van der Waals surface area contributed by atoms with Crippen molar-refractivity contribution in [2.24, 2.45) is 5.18 Å². The molecule has 2 aromatic carbocycles. The summed E-state index contributed by atoms with van der Waals surface area (Å²) in [5.41, 5.74) is -0.543. The summed E-state index contributed by atoms with van der Waals surface area (Å²) in [6.45, 7) is 5.57. The van der Waals surface area contributed by atoms with E-state index in [0.29, 0.717) is 6.42 Å². The number of carbonyl (C=O) groups excluding carboxylic acids is 2. The Morgan fingerprint density at radius 3 is 1.97 bits per heavy atom. The fourth-order valence-corrected chi connectivity index (χ4v) is 7.21. The van der Waals surface area contributed by atoms with Crippen LogP contribution < -0.4 is 10.4 Å². The van der Waals surface area contributed by atoms with Gasteiger partial charge in [0, 0.05) is 12.5 Å². The minimum absolute atomic E-state index is 0.0560. The van der Waals surface area contributed by atoms with Crippen LogP contribution in [0.25, 0.3) is 0 Å². The Morgan fingerprint density at radius 2 is 1.53 bits per heavy atom. The van der Waals surface area contributed by atoms with Gasteiger partial charge < -0.3 is 9.53 Å². The predicted octanol–water partition coefficient (Wildman–Crippen LogP) is 3.08. The molecule has 0 heterocycles. The summed E-state index contributed by atoms with van der Waals surface area (Å²) in [5, 5.41) is 3.70. The Labute approximate surface area is 177 Å². The molecule has 0 bridgehead atoms. The third kappa shape index (κ3) is 5.17. The number of hydrogen-bond acceptors (Lipinski definition) is 6. The van der Waals surface area contributed by atoms with Crippen LogP contribution in [0.15, 0.2) is 77.6 Å². The van der Waals surface area contributed by atoms with Crippen LogP contribution >= 0.6 is 0 Å². The lowest BCUT2D eigenvalue weighted by Crippen LogP contribution is -2.65. The fraction of sp³-hybridized carbons (Fsp3) is 0.304. The van der Waals surface area contributed by atoms with Gasteiger partial charge in [-0.25, -0.2) is 4.79 Å². The van der Waals surface area contributed by atoms with E-state index in [1.165, 1.54) is 0 Å². The highest BCUT2D eigenvalue weighted by Crippen LogP contribution is 2.39. The molecule has 158 valence electrons. The average Bonchev–Trinajstić information content (AvgIpc) is 2.76. The van der Waals surface area contributed by atoms with E-state index in [0.717, 1.165) is 16.4 Å². The summed E-state index contributed by atoms with van der Waals surface area (Å²) >= 11 is 0. The summed E-state index contributed by atoms with van der Waals surface area (Å²) in [7, 11) is -3.23. The quantitative estimate of drug-likeness (QED) is 0.273. The van der Waals surface area contributed by atoms with E-state index in [9.17, 15) is 19.3 Å². The lowest BCUT2D eigenvalue weighted by molar-refractivity contribution is -0.138. The molecule has 0 aliphatic heterocycles. The van der Waals surface area contributed by atoms with Crippen molar-refractivity contribution in [3.63, 3.8) is 0 Å². The zero-order valence-electron chi connectivity index (χ0n) is 17.5. The molecule has 7 heteroatoms. The molecule has 2 aromatic rings. The molecule has 1 N–H and O–H groups in total. The summed E-state index contributed by atoms with van der Waals surface area (Å²) in [4.78, 5) is 47.0. The van der Waals surface area contributed by atoms with Crippen LogP contribution in [0.5, 0.6) is 0 Å². The van der Waals surface area contributed by atoms with Crippen molar-refractivity contribution in [1.82, 2.24) is 0 Å². The van der Waals surface area contributed by atoms with Crippen LogP contribution in [0.3, 0.4) is 0 Å². The number of allylic oxidation sites excluding steroid dienone is 1. The van der Waals surface area contributed by atoms with Gasteiger partial charge in [-0.2, -0.15) is 0 Å². The van der Waals surface area contributed by atoms with Crippen LogP contribution in [-0.2, 0) is 14.3 Å². The molecule has 0 saturated carbocycles. The molecule has 0 radical (unpaired) electrons. The van der Waals surface area contributed by atoms with E-state index >= 15 is 0 Å². The summed E-state index contributed by atoms with van der Waals surface area (Å²) in [6, 6.07) is 19.0. The molecule has 30 heavy (non-hydrogen) atoms. The number of nitrogens with zero attached hydrogens (tertiary/aromatic N) is 1. The van der Waals surface area contributed by atoms with E-state index < -0.39 is 30.8 Å². The van der Waals surface area contributed by atoms with Crippen molar-refractivity contribution in [3.8, 4) is 0 Å². The van der Waals surface area contributed by atoms with Crippen LogP contribution in [0.4, 0.5) is 0 Å². The van der Waals surface area contributed by atoms with Gasteiger partial charge in [0.15, 0.2) is 11.5 Å². The van der Waals surface area contributed by atoms with Crippen molar-refractivity contribution >= 4 is 30.4 Å². The van der Waals surface area contributed by atoms with Crippen molar-refractivity contribution in [1.29, 1.82) is 0 Å². The van der Waals surface area contributed by atoms with Gasteiger partial charge in [0.2, 0.25) is 0 Å². The molecule has 0 atom stereocenters. The highest BCUT2D eigenvalue weighted by atomic mass is 28.4. The number of hydrogen-bond donors (Lipinski definition) is 1. The zero-order valence-corrected chi connectivity index (χ0v) is 18.5. The first-order valence-electron chi connectivity index (χ1n) is 9.84. The van der Waals surface area contributed by atoms with E-state index in [4.69, 9.17) is 4.74 Å². The zero-order chi connectivity index (χ0) is 22.2. The lowest BCUT2D eigenvalue weighted by Gasteiger charge is -2.41. The highest BCUT2D eigenvalue weighted by Gasteiger charge is 2.49. The van der Waals surface area contributed by atoms with Crippen molar-refractivity contribution in [2.45, 2.75) is 38.7 Å². The predicted molar refractivity (Wildman–Crippen MR) is 119 cm³/mol. The smallest absolute Gasteiger partial charge is 0.360 e. The minimum atomic E-state index is -3.23. The Morgan fingerprint density at radius 1 is 1.03 bits per heavy atom. The number of benzene rings is 2. The van der Waals surface area contributed by atoms with E-state index in [1.807, 2.05) is 74.5 Å². The van der Waals surface area contributed by atoms with Gasteiger partial charge in [0.25, 0.3) is 8.32 Å². The molecule has 0 aliphatic rings. The van der Waals surface area contributed by atoms with Gasteiger partial charge in [-0.1, -0.05) is 74.5 Å². The van der Waals surface area contributed by atoms with E-state index in [2.05, 4.69) is 5.18 Å². The van der Waals surface area contributed by atoms with Gasteiger partial charge in [0.1, 0.15) is 0 Å². The van der Waals surface area contributed by atoms with Crippen molar-refractivity contribution < 1.29 is 19.1 Å². The average molecular weight is 426 g/mol. The van der Waals surface area contributed by atoms with Gasteiger partial charge in [-0.3, -0.25) is 4.79 Å². The first kappa shape index (κ1) is 23.4.